The van der Waals surface area contributed by atoms with Gasteiger partial charge in [0.25, 0.3) is 5.56 Å². The molecule has 31 heavy (non-hydrogen) atoms. The number of benzene rings is 2. The predicted molar refractivity (Wildman–Crippen MR) is 119 cm³/mol. The van der Waals surface area contributed by atoms with E-state index in [2.05, 4.69) is 27.2 Å². The van der Waals surface area contributed by atoms with Gasteiger partial charge in [0.1, 0.15) is 11.3 Å². The topological polar surface area (TPSA) is 89.9 Å². The van der Waals surface area contributed by atoms with Crippen molar-refractivity contribution in [2.75, 3.05) is 7.11 Å². The first-order chi connectivity index (χ1) is 15.1. The summed E-state index contributed by atoms with van der Waals surface area (Å²) in [6.07, 6.45) is 4.33. The largest absolute Gasteiger partial charge is 0.497 e. The molecule has 0 bridgehead atoms. The van der Waals surface area contributed by atoms with Gasteiger partial charge in [0.15, 0.2) is 17.1 Å². The molecule has 0 atom stereocenters. The third-order valence-corrected chi connectivity index (χ3v) is 5.16. The Labute approximate surface area is 179 Å². The molecule has 7 heteroatoms. The lowest BCUT2D eigenvalue weighted by Gasteiger charge is -2.04. The average molecular weight is 416 g/mol. The number of nitrogens with one attached hydrogen (secondary N) is 1. The number of aryl methyl sites for hydroxylation is 3. The summed E-state index contributed by atoms with van der Waals surface area (Å²) in [4.78, 5) is 32.0. The van der Waals surface area contributed by atoms with E-state index in [1.807, 2.05) is 42.5 Å². The molecule has 4 aromatic rings. The molecular formula is C24H24N4O3. The number of Topliss-reactive ketones (excluding diaryl/α,β-unsaturated/α-hetero) is 1. The third-order valence-electron chi connectivity index (χ3n) is 5.16. The fourth-order valence-electron chi connectivity index (χ4n) is 3.51. The van der Waals surface area contributed by atoms with Crippen molar-refractivity contribution in [2.24, 2.45) is 0 Å². The van der Waals surface area contributed by atoms with Crippen LogP contribution in [-0.2, 0) is 19.4 Å². The molecule has 0 aliphatic carbocycles. The number of hydrogen-bond acceptors (Lipinski definition) is 5. The Hall–Kier alpha value is -3.74. The lowest BCUT2D eigenvalue weighted by atomic mass is 10.1. The van der Waals surface area contributed by atoms with Gasteiger partial charge < -0.3 is 9.72 Å². The molecule has 0 saturated heterocycles. The number of rotatable bonds is 9. The van der Waals surface area contributed by atoms with E-state index in [-0.39, 0.29) is 23.5 Å². The van der Waals surface area contributed by atoms with Gasteiger partial charge in [-0.1, -0.05) is 42.5 Å². The van der Waals surface area contributed by atoms with Crippen molar-refractivity contribution in [2.45, 2.75) is 32.2 Å². The molecule has 158 valence electrons. The summed E-state index contributed by atoms with van der Waals surface area (Å²) in [6.45, 7) is 0.670. The second-order valence-electron chi connectivity index (χ2n) is 7.40. The van der Waals surface area contributed by atoms with Crippen LogP contribution in [0.1, 0.15) is 34.6 Å². The van der Waals surface area contributed by atoms with Crippen LogP contribution >= 0.6 is 0 Å². The van der Waals surface area contributed by atoms with Gasteiger partial charge in [-0.2, -0.15) is 5.10 Å². The number of aromatic amines is 1. The highest BCUT2D eigenvalue weighted by Gasteiger charge is 2.14. The molecule has 0 aliphatic heterocycles. The molecule has 7 nitrogen and oxygen atoms in total. The predicted octanol–water partition coefficient (Wildman–Crippen LogP) is 3.58. The zero-order valence-corrected chi connectivity index (χ0v) is 17.4. The first-order valence-electron chi connectivity index (χ1n) is 10.3. The van der Waals surface area contributed by atoms with Crippen LogP contribution in [0.5, 0.6) is 5.75 Å². The summed E-state index contributed by atoms with van der Waals surface area (Å²) < 4.78 is 6.93. The van der Waals surface area contributed by atoms with Crippen LogP contribution in [0.15, 0.2) is 65.6 Å². The van der Waals surface area contributed by atoms with Crippen LogP contribution in [0, 0.1) is 0 Å². The highest BCUT2D eigenvalue weighted by atomic mass is 16.5. The maximum atomic E-state index is 12.6. The Kier molecular flexibility index (Phi) is 6.21. The van der Waals surface area contributed by atoms with Crippen molar-refractivity contribution in [3.8, 4) is 5.75 Å². The lowest BCUT2D eigenvalue weighted by Crippen LogP contribution is -2.16. The standard InChI is InChI=1S/C24H24N4O3/c1-31-19-11-5-9-18(15-19)12-13-21(29)23-25-20-16-28(27-22(20)24(30)26-23)14-6-10-17-7-3-2-4-8-17/h2-5,7-9,11,15-16H,6,10,12-14H2,1H3,(H,25,26,30). The van der Waals surface area contributed by atoms with Crippen molar-refractivity contribution in [3.05, 3.63) is 88.1 Å². The fourth-order valence-corrected chi connectivity index (χ4v) is 3.51. The Morgan fingerprint density at radius 1 is 1.06 bits per heavy atom. The fraction of sp³-hybridized carbons (Fsp3) is 0.250. The number of methoxy groups -OCH3 is 1. The van der Waals surface area contributed by atoms with Crippen molar-refractivity contribution in [3.63, 3.8) is 0 Å². The number of aromatic nitrogens is 4. The van der Waals surface area contributed by atoms with Gasteiger partial charge in [0.05, 0.1) is 13.3 Å². The van der Waals surface area contributed by atoms with Gasteiger partial charge in [-0.3, -0.25) is 14.3 Å². The van der Waals surface area contributed by atoms with E-state index in [1.165, 1.54) is 5.56 Å². The Balaban J connectivity index is 1.42. The number of fused-ring (bicyclic) bond motifs is 1. The summed E-state index contributed by atoms with van der Waals surface area (Å²) in [5.41, 5.74) is 2.55. The Morgan fingerprint density at radius 2 is 1.87 bits per heavy atom. The van der Waals surface area contributed by atoms with E-state index in [4.69, 9.17) is 4.74 Å². The second-order valence-corrected chi connectivity index (χ2v) is 7.40. The summed E-state index contributed by atoms with van der Waals surface area (Å²) in [5, 5.41) is 4.34. The van der Waals surface area contributed by atoms with E-state index < -0.39 is 5.56 Å². The molecule has 0 fully saturated rings. The molecule has 4 rings (SSSR count). The van der Waals surface area contributed by atoms with E-state index in [0.29, 0.717) is 18.5 Å². The quantitative estimate of drug-likeness (QED) is 0.421. The molecule has 0 aliphatic rings. The molecule has 0 saturated carbocycles. The molecule has 0 radical (unpaired) electrons. The highest BCUT2D eigenvalue weighted by molar-refractivity contribution is 5.94. The minimum Gasteiger partial charge on any atom is -0.497 e. The third kappa shape index (κ3) is 5.06. The zero-order chi connectivity index (χ0) is 21.6. The number of hydrogen-bond donors (Lipinski definition) is 1. The molecule has 0 spiro atoms. The van der Waals surface area contributed by atoms with Gasteiger partial charge in [-0.25, -0.2) is 4.98 Å². The number of ketones is 1. The van der Waals surface area contributed by atoms with Crippen LogP contribution in [0.3, 0.4) is 0 Å². The average Bonchev–Trinajstić information content (AvgIpc) is 3.22. The molecule has 0 amide bonds. The van der Waals surface area contributed by atoms with Gasteiger partial charge in [0.2, 0.25) is 0 Å². The van der Waals surface area contributed by atoms with E-state index in [1.54, 1.807) is 18.0 Å². The van der Waals surface area contributed by atoms with Gasteiger partial charge in [0, 0.05) is 13.0 Å². The molecule has 1 N–H and O–H groups in total. The zero-order valence-electron chi connectivity index (χ0n) is 17.4. The highest BCUT2D eigenvalue weighted by Crippen LogP contribution is 2.15. The summed E-state index contributed by atoms with van der Waals surface area (Å²) in [7, 11) is 1.61. The Morgan fingerprint density at radius 3 is 2.68 bits per heavy atom. The second kappa shape index (κ2) is 9.38. The first-order valence-corrected chi connectivity index (χ1v) is 10.3. The summed E-state index contributed by atoms with van der Waals surface area (Å²) >= 11 is 0. The maximum Gasteiger partial charge on any atom is 0.279 e. The van der Waals surface area contributed by atoms with Crippen molar-refractivity contribution >= 4 is 16.8 Å². The van der Waals surface area contributed by atoms with Gasteiger partial charge >= 0.3 is 0 Å². The van der Waals surface area contributed by atoms with Crippen LogP contribution in [0.2, 0.25) is 0 Å². The van der Waals surface area contributed by atoms with E-state index in [9.17, 15) is 9.59 Å². The minimum absolute atomic E-state index is 0.0734. The first kappa shape index (κ1) is 20.5. The van der Waals surface area contributed by atoms with Gasteiger partial charge in [-0.05, 0) is 42.5 Å². The monoisotopic (exact) mass is 416 g/mol. The number of carbonyl (C=O) groups is 1. The van der Waals surface area contributed by atoms with Crippen LogP contribution in [0.25, 0.3) is 11.0 Å². The number of H-pyrrole nitrogens is 1. The molecule has 2 aromatic carbocycles. The SMILES string of the molecule is COc1cccc(CCC(=O)c2nc3cn(CCCc4ccccc4)nc3c(=O)[nH]2)c1. The van der Waals surface area contributed by atoms with Crippen LogP contribution in [0.4, 0.5) is 0 Å². The molecule has 2 heterocycles. The number of nitrogens with zero attached hydrogens (tertiary/aromatic N) is 3. The van der Waals surface area contributed by atoms with Gasteiger partial charge in [-0.15, -0.1) is 0 Å². The van der Waals surface area contributed by atoms with Crippen molar-refractivity contribution < 1.29 is 9.53 Å². The van der Waals surface area contributed by atoms with Crippen molar-refractivity contribution in [1.82, 2.24) is 19.7 Å². The smallest absolute Gasteiger partial charge is 0.279 e. The van der Waals surface area contributed by atoms with Crippen LogP contribution < -0.4 is 10.3 Å². The molecule has 0 unspecified atom stereocenters. The Bertz CT molecular complexity index is 1240. The maximum absolute atomic E-state index is 12.6. The summed E-state index contributed by atoms with van der Waals surface area (Å²) in [5.74, 6) is 0.612. The van der Waals surface area contributed by atoms with Crippen LogP contribution in [-0.4, -0.2) is 32.6 Å². The normalized spacial score (nSPS) is 11.0. The number of carbonyl (C=O) groups excluding carboxylic acids is 1. The molecule has 2 aromatic heterocycles. The molecular weight excluding hydrogens is 392 g/mol. The lowest BCUT2D eigenvalue weighted by molar-refractivity contribution is 0.0973. The van der Waals surface area contributed by atoms with E-state index in [0.717, 1.165) is 24.2 Å². The van der Waals surface area contributed by atoms with Crippen molar-refractivity contribution in [1.29, 1.82) is 0 Å². The minimum atomic E-state index is -0.392. The van der Waals surface area contributed by atoms with E-state index >= 15 is 0 Å². The summed E-state index contributed by atoms with van der Waals surface area (Å²) in [6, 6.07) is 17.8. The number of ether oxygens (including phenoxy) is 1.